The number of hydrogen-bond donors (Lipinski definition) is 1. The average Bonchev–Trinajstić information content (AvgIpc) is 3.18. The highest BCUT2D eigenvalue weighted by Crippen LogP contribution is 2.35. The van der Waals surface area contributed by atoms with E-state index in [9.17, 15) is 0 Å². The van der Waals surface area contributed by atoms with Crippen LogP contribution in [-0.4, -0.2) is 34.7 Å². The third-order valence-electron chi connectivity index (χ3n) is 5.86. The molecular formula is C17H28N4. The molecule has 4 heteroatoms. The first-order valence-corrected chi connectivity index (χ1v) is 8.75. The van der Waals surface area contributed by atoms with E-state index < -0.39 is 0 Å². The molecule has 2 aliphatic heterocycles. The highest BCUT2D eigenvalue weighted by atomic mass is 15.3. The summed E-state index contributed by atoms with van der Waals surface area (Å²) in [5.74, 6) is 1.21. The molecule has 21 heavy (non-hydrogen) atoms. The molecule has 1 saturated carbocycles. The van der Waals surface area contributed by atoms with Gasteiger partial charge in [0.2, 0.25) is 5.95 Å². The van der Waals surface area contributed by atoms with Crippen molar-refractivity contribution in [2.45, 2.75) is 82.5 Å². The zero-order valence-corrected chi connectivity index (χ0v) is 13.4. The van der Waals surface area contributed by atoms with Crippen molar-refractivity contribution in [3.63, 3.8) is 0 Å². The Hall–Kier alpha value is -1.03. The van der Waals surface area contributed by atoms with Gasteiger partial charge in [-0.2, -0.15) is 0 Å². The zero-order valence-electron chi connectivity index (χ0n) is 13.4. The standard InChI is InChI=1S/C17H28N4/c1-12-11-21(15-5-3-4-6-15)17(18-12)20(2)16-9-13-7-8-14(10-16)19-13/h11,13-16,19H,3-10H2,1-2H3. The normalized spacial score (nSPS) is 32.8. The van der Waals surface area contributed by atoms with Crippen LogP contribution in [0.3, 0.4) is 0 Å². The summed E-state index contributed by atoms with van der Waals surface area (Å²) in [6, 6.07) is 2.83. The fraction of sp³-hybridized carbons (Fsp3) is 0.824. The quantitative estimate of drug-likeness (QED) is 0.928. The van der Waals surface area contributed by atoms with Crippen LogP contribution in [0.4, 0.5) is 5.95 Å². The maximum Gasteiger partial charge on any atom is 0.205 e. The predicted molar refractivity (Wildman–Crippen MR) is 85.8 cm³/mol. The lowest BCUT2D eigenvalue weighted by Gasteiger charge is -2.36. The van der Waals surface area contributed by atoms with Crippen molar-refractivity contribution in [3.05, 3.63) is 11.9 Å². The Kier molecular flexibility index (Phi) is 3.44. The van der Waals surface area contributed by atoms with Crippen molar-refractivity contribution in [1.82, 2.24) is 14.9 Å². The van der Waals surface area contributed by atoms with Crippen molar-refractivity contribution < 1.29 is 0 Å². The van der Waals surface area contributed by atoms with Crippen molar-refractivity contribution in [1.29, 1.82) is 0 Å². The molecule has 4 rings (SSSR count). The smallest absolute Gasteiger partial charge is 0.205 e. The van der Waals surface area contributed by atoms with Crippen LogP contribution in [0.1, 0.15) is 63.1 Å². The summed E-state index contributed by atoms with van der Waals surface area (Å²) in [6.45, 7) is 2.13. The fourth-order valence-electron chi connectivity index (χ4n) is 4.72. The molecule has 1 aromatic heterocycles. The van der Waals surface area contributed by atoms with E-state index in [2.05, 4.69) is 35.0 Å². The first kappa shape index (κ1) is 13.6. The molecule has 1 aromatic rings. The largest absolute Gasteiger partial charge is 0.342 e. The molecule has 2 unspecified atom stereocenters. The van der Waals surface area contributed by atoms with Gasteiger partial charge in [0.15, 0.2) is 0 Å². The van der Waals surface area contributed by atoms with Gasteiger partial charge < -0.3 is 14.8 Å². The van der Waals surface area contributed by atoms with E-state index in [1.165, 1.54) is 63.0 Å². The lowest BCUT2D eigenvalue weighted by molar-refractivity contribution is 0.349. The van der Waals surface area contributed by atoms with Gasteiger partial charge in [-0.05, 0) is 45.4 Å². The summed E-state index contributed by atoms with van der Waals surface area (Å²) < 4.78 is 2.48. The van der Waals surface area contributed by atoms with E-state index in [1.807, 2.05) is 0 Å². The summed E-state index contributed by atoms with van der Waals surface area (Å²) in [4.78, 5) is 7.35. The molecule has 2 bridgehead atoms. The van der Waals surface area contributed by atoms with Crippen LogP contribution in [-0.2, 0) is 0 Å². The van der Waals surface area contributed by atoms with E-state index in [1.54, 1.807) is 0 Å². The van der Waals surface area contributed by atoms with E-state index in [0.29, 0.717) is 12.1 Å². The monoisotopic (exact) mass is 288 g/mol. The lowest BCUT2D eigenvalue weighted by Crippen LogP contribution is -2.47. The molecule has 1 aliphatic carbocycles. The number of rotatable bonds is 3. The van der Waals surface area contributed by atoms with Crippen LogP contribution < -0.4 is 10.2 Å². The van der Waals surface area contributed by atoms with Gasteiger partial charge >= 0.3 is 0 Å². The van der Waals surface area contributed by atoms with Gasteiger partial charge in [-0.1, -0.05) is 12.8 Å². The molecule has 3 fully saturated rings. The Morgan fingerprint density at radius 1 is 1.14 bits per heavy atom. The van der Waals surface area contributed by atoms with Gasteiger partial charge in [-0.25, -0.2) is 4.98 Å². The first-order chi connectivity index (χ1) is 10.2. The van der Waals surface area contributed by atoms with E-state index in [0.717, 1.165) is 12.1 Å². The van der Waals surface area contributed by atoms with Crippen molar-refractivity contribution in [2.24, 2.45) is 0 Å². The SMILES string of the molecule is Cc1cn(C2CCCC2)c(N(C)C2CC3CCC(C2)N3)n1. The molecular weight excluding hydrogens is 260 g/mol. The molecule has 2 saturated heterocycles. The van der Waals surface area contributed by atoms with Gasteiger partial charge in [0.1, 0.15) is 0 Å². The average molecular weight is 288 g/mol. The molecule has 0 spiro atoms. The highest BCUT2D eigenvalue weighted by molar-refractivity contribution is 5.35. The van der Waals surface area contributed by atoms with Gasteiger partial charge in [-0.3, -0.25) is 0 Å². The minimum Gasteiger partial charge on any atom is -0.342 e. The minimum atomic E-state index is 0.658. The Bertz CT molecular complexity index is 491. The molecule has 0 amide bonds. The number of aromatic nitrogens is 2. The topological polar surface area (TPSA) is 33.1 Å². The molecule has 1 N–H and O–H groups in total. The number of nitrogens with zero attached hydrogens (tertiary/aromatic N) is 3. The number of aryl methyl sites for hydroxylation is 1. The molecule has 116 valence electrons. The number of hydrogen-bond acceptors (Lipinski definition) is 3. The molecule has 3 aliphatic rings. The van der Waals surface area contributed by atoms with E-state index >= 15 is 0 Å². The minimum absolute atomic E-state index is 0.658. The second kappa shape index (κ2) is 5.31. The summed E-state index contributed by atoms with van der Waals surface area (Å²) in [7, 11) is 2.27. The van der Waals surface area contributed by atoms with Crippen LogP contribution in [0.15, 0.2) is 6.20 Å². The van der Waals surface area contributed by atoms with Gasteiger partial charge in [0.05, 0.1) is 5.69 Å². The van der Waals surface area contributed by atoms with E-state index in [4.69, 9.17) is 4.98 Å². The van der Waals surface area contributed by atoms with Crippen LogP contribution in [0.25, 0.3) is 0 Å². The highest BCUT2D eigenvalue weighted by Gasteiger charge is 2.36. The summed E-state index contributed by atoms with van der Waals surface area (Å²) in [5.41, 5.74) is 1.17. The van der Waals surface area contributed by atoms with Crippen LogP contribution in [0, 0.1) is 6.92 Å². The van der Waals surface area contributed by atoms with Crippen LogP contribution in [0.5, 0.6) is 0 Å². The third kappa shape index (κ3) is 2.48. The van der Waals surface area contributed by atoms with Crippen molar-refractivity contribution in [2.75, 3.05) is 11.9 Å². The van der Waals surface area contributed by atoms with Gasteiger partial charge in [0, 0.05) is 37.4 Å². The maximum absolute atomic E-state index is 4.87. The first-order valence-electron chi connectivity index (χ1n) is 8.75. The van der Waals surface area contributed by atoms with Gasteiger partial charge in [0.25, 0.3) is 0 Å². The summed E-state index contributed by atoms with van der Waals surface area (Å²) in [6.07, 6.45) is 13.0. The predicted octanol–water partition coefficient (Wildman–Crippen LogP) is 3.03. The molecule has 2 atom stereocenters. The maximum atomic E-state index is 4.87. The number of imidazole rings is 1. The number of nitrogens with one attached hydrogen (secondary N) is 1. The fourth-order valence-corrected chi connectivity index (χ4v) is 4.72. The van der Waals surface area contributed by atoms with Crippen LogP contribution >= 0.6 is 0 Å². The second-order valence-corrected chi connectivity index (χ2v) is 7.40. The van der Waals surface area contributed by atoms with Crippen molar-refractivity contribution in [3.8, 4) is 0 Å². The van der Waals surface area contributed by atoms with Crippen molar-refractivity contribution >= 4 is 5.95 Å². The Morgan fingerprint density at radius 2 is 1.81 bits per heavy atom. The Balaban J connectivity index is 1.57. The van der Waals surface area contributed by atoms with Crippen LogP contribution in [0.2, 0.25) is 0 Å². The number of fused-ring (bicyclic) bond motifs is 2. The molecule has 0 radical (unpaired) electrons. The Labute approximate surface area is 127 Å². The lowest BCUT2D eigenvalue weighted by atomic mass is 9.99. The molecule has 3 heterocycles. The number of anilines is 1. The number of piperidine rings is 1. The zero-order chi connectivity index (χ0) is 14.4. The summed E-state index contributed by atoms with van der Waals surface area (Å²) >= 11 is 0. The third-order valence-corrected chi connectivity index (χ3v) is 5.86. The molecule has 0 aromatic carbocycles. The molecule has 4 nitrogen and oxygen atoms in total. The second-order valence-electron chi connectivity index (χ2n) is 7.40. The Morgan fingerprint density at radius 3 is 2.48 bits per heavy atom. The van der Waals surface area contributed by atoms with Gasteiger partial charge in [-0.15, -0.1) is 0 Å². The van der Waals surface area contributed by atoms with E-state index in [-0.39, 0.29) is 0 Å². The summed E-state index contributed by atoms with van der Waals surface area (Å²) in [5, 5.41) is 3.75.